The summed E-state index contributed by atoms with van der Waals surface area (Å²) in [5.74, 6) is 1.06. The Morgan fingerprint density at radius 1 is 0.596 bits per heavy atom. The zero-order chi connectivity index (χ0) is 38.5. The van der Waals surface area contributed by atoms with Crippen LogP contribution in [0.15, 0.2) is 176 Å². The second kappa shape index (κ2) is 12.4. The summed E-state index contributed by atoms with van der Waals surface area (Å²) in [6, 6.07) is 58.7. The van der Waals surface area contributed by atoms with Gasteiger partial charge in [-0.1, -0.05) is 142 Å². The third kappa shape index (κ3) is 4.57. The van der Waals surface area contributed by atoms with E-state index < -0.39 is 5.41 Å². The van der Waals surface area contributed by atoms with Crippen molar-refractivity contribution < 1.29 is 0 Å². The van der Waals surface area contributed by atoms with Gasteiger partial charge in [0.25, 0.3) is 0 Å². The van der Waals surface area contributed by atoms with Crippen molar-refractivity contribution in [2.24, 2.45) is 0 Å². The first-order chi connectivity index (χ1) is 27.9. The van der Waals surface area contributed by atoms with Crippen LogP contribution in [0.3, 0.4) is 0 Å². The van der Waals surface area contributed by atoms with Crippen LogP contribution in [0.5, 0.6) is 0 Å². The molecule has 57 heavy (non-hydrogen) atoms. The largest absolute Gasteiger partial charge is 0.310 e. The van der Waals surface area contributed by atoms with E-state index in [4.69, 9.17) is 4.98 Å². The van der Waals surface area contributed by atoms with Gasteiger partial charge in [0.2, 0.25) is 0 Å². The van der Waals surface area contributed by atoms with Gasteiger partial charge in [0.15, 0.2) is 0 Å². The molecule has 1 unspecified atom stereocenters. The number of fused-ring (bicyclic) bond motifs is 15. The Hall–Kier alpha value is -6.71. The van der Waals surface area contributed by atoms with Gasteiger partial charge in [0.05, 0.1) is 16.7 Å². The molecule has 0 bridgehead atoms. The molecule has 1 atom stereocenters. The van der Waals surface area contributed by atoms with Gasteiger partial charge >= 0.3 is 0 Å². The molecular weight excluding hydrogens is 691 g/mol. The number of benzene rings is 7. The number of aromatic nitrogens is 2. The predicted molar refractivity (Wildman–Crippen MR) is 237 cm³/mol. The van der Waals surface area contributed by atoms with Crippen molar-refractivity contribution in [2.75, 3.05) is 4.90 Å². The summed E-state index contributed by atoms with van der Waals surface area (Å²) in [6.45, 7) is 9.03. The summed E-state index contributed by atoms with van der Waals surface area (Å²) < 4.78 is 2.41. The van der Waals surface area contributed by atoms with E-state index in [1.807, 2.05) is 0 Å². The highest BCUT2D eigenvalue weighted by molar-refractivity contribution is 5.94. The van der Waals surface area contributed by atoms with Crippen LogP contribution in [0.25, 0.3) is 44.5 Å². The average molecular weight is 734 g/mol. The van der Waals surface area contributed by atoms with Gasteiger partial charge in [-0.25, -0.2) is 4.98 Å². The predicted octanol–water partition coefficient (Wildman–Crippen LogP) is 13.8. The quantitative estimate of drug-likeness (QED) is 0.159. The SMILES string of the molecule is C/C=C(\C=C/CC)c1ccc(N(c2ccc3c(c2)C(C)(C)c2ccccc2-3)c2ccc3c(c2)C2(c4ccccc4-3)c3ccccc3-n3c2nc2ccccc23)cc1. The Morgan fingerprint density at radius 3 is 1.91 bits per heavy atom. The van der Waals surface area contributed by atoms with Gasteiger partial charge in [-0.2, -0.15) is 0 Å². The van der Waals surface area contributed by atoms with E-state index in [1.165, 1.54) is 66.9 Å². The van der Waals surface area contributed by atoms with Crippen LogP contribution in [-0.2, 0) is 10.8 Å². The molecule has 274 valence electrons. The monoisotopic (exact) mass is 733 g/mol. The first-order valence-corrected chi connectivity index (χ1v) is 20.2. The Balaban J connectivity index is 1.16. The minimum absolute atomic E-state index is 0.125. The Kier molecular flexibility index (Phi) is 7.31. The normalized spacial score (nSPS) is 16.7. The number of allylic oxidation sites excluding steroid dienone is 4. The zero-order valence-electron chi connectivity index (χ0n) is 32.8. The molecule has 0 amide bonds. The van der Waals surface area contributed by atoms with Gasteiger partial charge in [0.1, 0.15) is 11.2 Å². The number of hydrogen-bond donors (Lipinski definition) is 0. The summed E-state index contributed by atoms with van der Waals surface area (Å²) in [5.41, 5.74) is 20.2. The first-order valence-electron chi connectivity index (χ1n) is 20.2. The molecule has 8 aromatic rings. The molecule has 0 saturated heterocycles. The fraction of sp³-hybridized carbons (Fsp3) is 0.130. The highest BCUT2D eigenvalue weighted by Gasteiger charge is 2.54. The van der Waals surface area contributed by atoms with Crippen molar-refractivity contribution in [3.63, 3.8) is 0 Å². The van der Waals surface area contributed by atoms with Crippen LogP contribution in [0.4, 0.5) is 17.1 Å². The maximum atomic E-state index is 5.50. The third-order valence-corrected chi connectivity index (χ3v) is 12.9. The fourth-order valence-corrected chi connectivity index (χ4v) is 10.3. The summed E-state index contributed by atoms with van der Waals surface area (Å²) in [4.78, 5) is 7.96. The van der Waals surface area contributed by atoms with Gasteiger partial charge in [-0.15, -0.1) is 0 Å². The second-order valence-electron chi connectivity index (χ2n) is 16.1. The van der Waals surface area contributed by atoms with E-state index in [0.29, 0.717) is 0 Å². The van der Waals surface area contributed by atoms with Crippen molar-refractivity contribution in [2.45, 2.75) is 44.9 Å². The van der Waals surface area contributed by atoms with Crippen molar-refractivity contribution in [1.29, 1.82) is 0 Å². The molecule has 2 heterocycles. The molecule has 0 radical (unpaired) electrons. The van der Waals surface area contributed by atoms with Gasteiger partial charge < -0.3 is 4.90 Å². The molecule has 3 aliphatic rings. The number of imidazole rings is 1. The molecule has 0 fully saturated rings. The van der Waals surface area contributed by atoms with Crippen molar-refractivity contribution in [3.05, 3.63) is 215 Å². The maximum absolute atomic E-state index is 5.50. The lowest BCUT2D eigenvalue weighted by atomic mass is 9.73. The van der Waals surface area contributed by atoms with E-state index in [0.717, 1.165) is 40.3 Å². The lowest BCUT2D eigenvalue weighted by Crippen LogP contribution is -2.27. The maximum Gasteiger partial charge on any atom is 0.134 e. The van der Waals surface area contributed by atoms with Crippen molar-refractivity contribution in [3.8, 4) is 27.9 Å². The average Bonchev–Trinajstić information content (AvgIpc) is 3.94. The van der Waals surface area contributed by atoms with Crippen LogP contribution < -0.4 is 4.90 Å². The molecule has 1 aromatic heterocycles. The molecule has 7 aromatic carbocycles. The van der Waals surface area contributed by atoms with Crippen LogP contribution >= 0.6 is 0 Å². The minimum Gasteiger partial charge on any atom is -0.310 e. The summed E-state index contributed by atoms with van der Waals surface area (Å²) in [5, 5.41) is 0. The highest BCUT2D eigenvalue weighted by atomic mass is 15.2. The van der Waals surface area contributed by atoms with E-state index in [1.54, 1.807) is 0 Å². The van der Waals surface area contributed by atoms with E-state index in [-0.39, 0.29) is 5.41 Å². The van der Waals surface area contributed by atoms with Crippen LogP contribution in [-0.4, -0.2) is 9.55 Å². The zero-order valence-corrected chi connectivity index (χ0v) is 32.8. The Morgan fingerprint density at radius 2 is 1.18 bits per heavy atom. The van der Waals surface area contributed by atoms with Crippen LogP contribution in [0.1, 0.15) is 73.3 Å². The van der Waals surface area contributed by atoms with Crippen molar-refractivity contribution >= 4 is 33.7 Å². The fourth-order valence-electron chi connectivity index (χ4n) is 10.3. The topological polar surface area (TPSA) is 21.1 Å². The minimum atomic E-state index is -0.582. The lowest BCUT2D eigenvalue weighted by molar-refractivity contribution is 0.660. The standard InChI is InChI=1S/C54H43N3/c1-5-7-16-35(6-2)36-25-27-37(28-26-36)56(38-29-31-42-40-17-8-10-19-44(40)53(3,4)47(42)33-38)39-30-32-43-41-18-9-11-20-45(41)54(48(43)34-39)46-21-12-14-23-50(46)57-51-24-15-13-22-49(51)55-52(54)57/h6-34H,5H2,1-4H3/b16-7-,35-6+. The molecule has 2 aliphatic carbocycles. The molecule has 0 saturated carbocycles. The summed E-state index contributed by atoms with van der Waals surface area (Å²) in [7, 11) is 0. The number of nitrogens with zero attached hydrogens (tertiary/aromatic N) is 3. The number of anilines is 3. The second-order valence-corrected chi connectivity index (χ2v) is 16.1. The molecule has 0 N–H and O–H groups in total. The third-order valence-electron chi connectivity index (χ3n) is 12.9. The van der Waals surface area contributed by atoms with Crippen LogP contribution in [0, 0.1) is 0 Å². The van der Waals surface area contributed by atoms with Gasteiger partial charge in [-0.3, -0.25) is 4.57 Å². The summed E-state index contributed by atoms with van der Waals surface area (Å²) >= 11 is 0. The molecule has 1 aliphatic heterocycles. The van der Waals surface area contributed by atoms with E-state index in [9.17, 15) is 0 Å². The van der Waals surface area contributed by atoms with Crippen LogP contribution in [0.2, 0.25) is 0 Å². The highest BCUT2D eigenvalue weighted by Crippen LogP contribution is 2.61. The van der Waals surface area contributed by atoms with Crippen molar-refractivity contribution in [1.82, 2.24) is 9.55 Å². The molecule has 11 rings (SSSR count). The lowest BCUT2D eigenvalue weighted by Gasteiger charge is -2.31. The Labute approximate surface area is 334 Å². The smallest absolute Gasteiger partial charge is 0.134 e. The number of rotatable bonds is 6. The van der Waals surface area contributed by atoms with E-state index in [2.05, 4.69) is 213 Å². The first kappa shape index (κ1) is 33.6. The molecular formula is C54H43N3. The molecule has 3 nitrogen and oxygen atoms in total. The van der Waals surface area contributed by atoms with Gasteiger partial charge in [0, 0.05) is 22.5 Å². The number of hydrogen-bond acceptors (Lipinski definition) is 2. The van der Waals surface area contributed by atoms with Gasteiger partial charge in [-0.05, 0) is 129 Å². The van der Waals surface area contributed by atoms with E-state index >= 15 is 0 Å². The molecule has 1 spiro atoms. The summed E-state index contributed by atoms with van der Waals surface area (Å²) in [6.07, 6.45) is 7.67. The molecule has 3 heteroatoms. The Bertz CT molecular complexity index is 2990. The number of para-hydroxylation sites is 3.